The van der Waals surface area contributed by atoms with Crippen molar-refractivity contribution in [2.45, 2.75) is 6.54 Å². The minimum absolute atomic E-state index is 0.0411. The lowest BCUT2D eigenvalue weighted by molar-refractivity contribution is 0.0778. The zero-order chi connectivity index (χ0) is 16.4. The van der Waals surface area contributed by atoms with E-state index in [4.69, 9.17) is 0 Å². The highest BCUT2D eigenvalue weighted by Crippen LogP contribution is 2.15. The predicted molar refractivity (Wildman–Crippen MR) is 83.9 cm³/mol. The topological polar surface area (TPSA) is 33.2 Å². The molecule has 23 heavy (non-hydrogen) atoms. The molecule has 0 saturated carbocycles. The number of para-hydroxylation sites is 1. The number of benzene rings is 2. The number of fused-ring (bicyclic) bond motifs is 1. The van der Waals surface area contributed by atoms with Gasteiger partial charge < -0.3 is 4.90 Å². The molecule has 0 unspecified atom stereocenters. The number of pyridine rings is 1. The van der Waals surface area contributed by atoms with Gasteiger partial charge in [-0.3, -0.25) is 4.79 Å². The Labute approximate surface area is 132 Å². The molecule has 1 aromatic heterocycles. The number of hydrogen-bond acceptors (Lipinski definition) is 2. The molecule has 0 aliphatic rings. The highest BCUT2D eigenvalue weighted by molar-refractivity contribution is 5.94. The Kier molecular flexibility index (Phi) is 4.02. The molecule has 0 bridgehead atoms. The van der Waals surface area contributed by atoms with E-state index in [1.165, 1.54) is 17.0 Å². The largest absolute Gasteiger partial charge is 0.336 e. The van der Waals surface area contributed by atoms with Crippen LogP contribution in [0.1, 0.15) is 16.1 Å². The van der Waals surface area contributed by atoms with Gasteiger partial charge in [0.2, 0.25) is 0 Å². The van der Waals surface area contributed by atoms with Gasteiger partial charge in [0.15, 0.2) is 0 Å². The molecule has 116 valence electrons. The van der Waals surface area contributed by atoms with E-state index in [0.717, 1.165) is 17.0 Å². The van der Waals surface area contributed by atoms with E-state index in [2.05, 4.69) is 4.98 Å². The van der Waals surface area contributed by atoms with Gasteiger partial charge in [-0.1, -0.05) is 30.3 Å². The molecule has 0 spiro atoms. The van der Waals surface area contributed by atoms with E-state index in [-0.39, 0.29) is 23.7 Å². The van der Waals surface area contributed by atoms with Crippen LogP contribution in [-0.2, 0) is 6.54 Å². The molecule has 0 fully saturated rings. The van der Waals surface area contributed by atoms with Crippen LogP contribution in [-0.4, -0.2) is 22.8 Å². The van der Waals surface area contributed by atoms with Gasteiger partial charge in [-0.15, -0.1) is 0 Å². The molecular weight excluding hydrogens is 298 g/mol. The molecular formula is C18H14F2N2O. The fourth-order valence-electron chi connectivity index (χ4n) is 2.36. The predicted octanol–water partition coefficient (Wildman–Crippen LogP) is 3.79. The molecule has 0 aliphatic carbocycles. The number of rotatable bonds is 3. The molecule has 3 rings (SSSR count). The van der Waals surface area contributed by atoms with E-state index in [9.17, 15) is 13.6 Å². The van der Waals surface area contributed by atoms with Gasteiger partial charge >= 0.3 is 0 Å². The van der Waals surface area contributed by atoms with Crippen LogP contribution in [0.5, 0.6) is 0 Å². The minimum Gasteiger partial charge on any atom is -0.336 e. The second-order valence-corrected chi connectivity index (χ2v) is 5.29. The molecule has 0 atom stereocenters. The summed E-state index contributed by atoms with van der Waals surface area (Å²) in [5, 5.41) is 0.941. The summed E-state index contributed by atoms with van der Waals surface area (Å²) >= 11 is 0. The van der Waals surface area contributed by atoms with Crippen molar-refractivity contribution in [2.75, 3.05) is 7.05 Å². The summed E-state index contributed by atoms with van der Waals surface area (Å²) in [5.41, 5.74) is 1.26. The summed E-state index contributed by atoms with van der Waals surface area (Å²) in [7, 11) is 1.56. The lowest BCUT2D eigenvalue weighted by Gasteiger charge is -2.17. The van der Waals surface area contributed by atoms with Crippen LogP contribution in [0, 0.1) is 11.6 Å². The van der Waals surface area contributed by atoms with Crippen LogP contribution in [0.3, 0.4) is 0 Å². The maximum atomic E-state index is 13.7. The average Bonchev–Trinajstić information content (AvgIpc) is 2.56. The van der Waals surface area contributed by atoms with Crippen LogP contribution < -0.4 is 0 Å². The van der Waals surface area contributed by atoms with Crippen LogP contribution in [0.4, 0.5) is 8.78 Å². The standard InChI is InChI=1S/C18H14F2N2O/c1-22(11-13-6-8-14(19)10-15(13)20)18(23)17-9-7-12-4-2-3-5-16(12)21-17/h2-10H,11H2,1H3. The zero-order valence-electron chi connectivity index (χ0n) is 12.5. The van der Waals surface area contributed by atoms with Crippen molar-refractivity contribution in [2.24, 2.45) is 0 Å². The SMILES string of the molecule is CN(Cc1ccc(F)cc1F)C(=O)c1ccc2ccccc2n1. The molecule has 0 saturated heterocycles. The van der Waals surface area contributed by atoms with Gasteiger partial charge in [0.25, 0.3) is 5.91 Å². The summed E-state index contributed by atoms with van der Waals surface area (Å²) < 4.78 is 26.6. The van der Waals surface area contributed by atoms with E-state index >= 15 is 0 Å². The second-order valence-electron chi connectivity index (χ2n) is 5.29. The zero-order valence-corrected chi connectivity index (χ0v) is 12.5. The first-order valence-corrected chi connectivity index (χ1v) is 7.10. The van der Waals surface area contributed by atoms with Crippen molar-refractivity contribution in [3.63, 3.8) is 0 Å². The Hall–Kier alpha value is -2.82. The van der Waals surface area contributed by atoms with Crippen molar-refractivity contribution >= 4 is 16.8 Å². The Morgan fingerprint density at radius 1 is 1.09 bits per heavy atom. The minimum atomic E-state index is -0.670. The van der Waals surface area contributed by atoms with Crippen molar-refractivity contribution in [3.05, 3.63) is 77.5 Å². The monoisotopic (exact) mass is 312 g/mol. The molecule has 3 nitrogen and oxygen atoms in total. The summed E-state index contributed by atoms with van der Waals surface area (Å²) in [5.74, 6) is -1.63. The lowest BCUT2D eigenvalue weighted by Crippen LogP contribution is -2.27. The van der Waals surface area contributed by atoms with E-state index < -0.39 is 11.6 Å². The fourth-order valence-corrected chi connectivity index (χ4v) is 2.36. The van der Waals surface area contributed by atoms with Crippen LogP contribution >= 0.6 is 0 Å². The Balaban J connectivity index is 1.83. The first-order valence-electron chi connectivity index (χ1n) is 7.10. The van der Waals surface area contributed by atoms with E-state index in [0.29, 0.717) is 0 Å². The van der Waals surface area contributed by atoms with Crippen molar-refractivity contribution < 1.29 is 13.6 Å². The number of amides is 1. The van der Waals surface area contributed by atoms with Crippen molar-refractivity contribution in [1.82, 2.24) is 9.88 Å². The Morgan fingerprint density at radius 2 is 1.87 bits per heavy atom. The van der Waals surface area contributed by atoms with Gasteiger partial charge in [0.05, 0.1) is 5.52 Å². The van der Waals surface area contributed by atoms with Crippen molar-refractivity contribution in [3.8, 4) is 0 Å². The molecule has 3 aromatic rings. The number of aromatic nitrogens is 1. The normalized spacial score (nSPS) is 10.7. The smallest absolute Gasteiger partial charge is 0.272 e. The molecule has 2 aromatic carbocycles. The van der Waals surface area contributed by atoms with Gasteiger partial charge in [0, 0.05) is 30.6 Å². The van der Waals surface area contributed by atoms with Gasteiger partial charge in [-0.05, 0) is 18.2 Å². The molecule has 1 heterocycles. The van der Waals surface area contributed by atoms with Gasteiger partial charge in [0.1, 0.15) is 17.3 Å². The first kappa shape index (κ1) is 15.1. The lowest BCUT2D eigenvalue weighted by atomic mass is 10.1. The second kappa shape index (κ2) is 6.12. The van der Waals surface area contributed by atoms with Gasteiger partial charge in [-0.25, -0.2) is 13.8 Å². The quantitative estimate of drug-likeness (QED) is 0.737. The third kappa shape index (κ3) is 3.18. The summed E-state index contributed by atoms with van der Waals surface area (Å²) in [6, 6.07) is 14.3. The van der Waals surface area contributed by atoms with Crippen molar-refractivity contribution in [1.29, 1.82) is 0 Å². The van der Waals surface area contributed by atoms with Gasteiger partial charge in [-0.2, -0.15) is 0 Å². The summed E-state index contributed by atoms with van der Waals surface area (Å²) in [6.45, 7) is 0.0411. The molecule has 0 radical (unpaired) electrons. The highest BCUT2D eigenvalue weighted by Gasteiger charge is 2.15. The van der Waals surface area contributed by atoms with Crippen LogP contribution in [0.15, 0.2) is 54.6 Å². The number of carbonyl (C=O) groups is 1. The Bertz CT molecular complexity index is 880. The summed E-state index contributed by atoms with van der Waals surface area (Å²) in [6.07, 6.45) is 0. The maximum Gasteiger partial charge on any atom is 0.272 e. The average molecular weight is 312 g/mol. The van der Waals surface area contributed by atoms with E-state index in [1.807, 2.05) is 30.3 Å². The highest BCUT2D eigenvalue weighted by atomic mass is 19.1. The third-order valence-electron chi connectivity index (χ3n) is 3.59. The molecule has 0 N–H and O–H groups in total. The number of carbonyl (C=O) groups excluding carboxylic acids is 1. The van der Waals surface area contributed by atoms with E-state index in [1.54, 1.807) is 13.1 Å². The number of halogens is 2. The fraction of sp³-hybridized carbons (Fsp3) is 0.111. The molecule has 1 amide bonds. The first-order chi connectivity index (χ1) is 11.0. The van der Waals surface area contributed by atoms with Crippen LogP contribution in [0.2, 0.25) is 0 Å². The third-order valence-corrected chi connectivity index (χ3v) is 3.59. The molecule has 0 aliphatic heterocycles. The maximum absolute atomic E-state index is 13.7. The summed E-state index contributed by atoms with van der Waals surface area (Å²) in [4.78, 5) is 18.1. The number of nitrogens with zero attached hydrogens (tertiary/aromatic N) is 2. The van der Waals surface area contributed by atoms with Crippen LogP contribution in [0.25, 0.3) is 10.9 Å². The Morgan fingerprint density at radius 3 is 2.65 bits per heavy atom. The number of hydrogen-bond donors (Lipinski definition) is 0. The molecule has 5 heteroatoms.